The predicted molar refractivity (Wildman–Crippen MR) is 69.5 cm³/mol. The molecule has 0 aliphatic heterocycles. The van der Waals surface area contributed by atoms with Crippen molar-refractivity contribution < 1.29 is 0 Å². The highest BCUT2D eigenvalue weighted by Gasteiger charge is 2.03. The van der Waals surface area contributed by atoms with E-state index in [1.807, 2.05) is 30.3 Å². The molecule has 0 unspecified atom stereocenters. The summed E-state index contributed by atoms with van der Waals surface area (Å²) < 4.78 is 0. The van der Waals surface area contributed by atoms with E-state index in [0.717, 1.165) is 10.6 Å². The SMILES string of the molecule is Cc1ccc(Cl)cc1-c1cccc(CN)c1. The molecule has 1 nitrogen and oxygen atoms in total. The Hall–Kier alpha value is -1.31. The molecule has 0 radical (unpaired) electrons. The lowest BCUT2D eigenvalue weighted by molar-refractivity contribution is 1.07. The first-order valence-electron chi connectivity index (χ1n) is 5.26. The van der Waals surface area contributed by atoms with Gasteiger partial charge in [0.1, 0.15) is 0 Å². The maximum atomic E-state index is 6.02. The van der Waals surface area contributed by atoms with Crippen LogP contribution >= 0.6 is 11.6 Å². The van der Waals surface area contributed by atoms with E-state index in [1.54, 1.807) is 0 Å². The topological polar surface area (TPSA) is 26.0 Å². The minimum Gasteiger partial charge on any atom is -0.326 e. The Morgan fingerprint density at radius 1 is 1.12 bits per heavy atom. The van der Waals surface area contributed by atoms with Gasteiger partial charge in [0.2, 0.25) is 0 Å². The molecule has 2 rings (SSSR count). The summed E-state index contributed by atoms with van der Waals surface area (Å²) in [6.45, 7) is 2.65. The minimum absolute atomic E-state index is 0.563. The number of hydrogen-bond acceptors (Lipinski definition) is 1. The highest BCUT2D eigenvalue weighted by molar-refractivity contribution is 6.30. The molecule has 0 heterocycles. The zero-order valence-corrected chi connectivity index (χ0v) is 9.96. The molecule has 0 saturated heterocycles. The van der Waals surface area contributed by atoms with Crippen LogP contribution in [0.1, 0.15) is 11.1 Å². The van der Waals surface area contributed by atoms with E-state index in [0.29, 0.717) is 6.54 Å². The van der Waals surface area contributed by atoms with Gasteiger partial charge in [-0.1, -0.05) is 35.9 Å². The van der Waals surface area contributed by atoms with Crippen LogP contribution in [-0.4, -0.2) is 0 Å². The van der Waals surface area contributed by atoms with Gasteiger partial charge in [0.25, 0.3) is 0 Å². The second-order valence-corrected chi connectivity index (χ2v) is 4.30. The molecule has 0 amide bonds. The Labute approximate surface area is 101 Å². The third-order valence-corrected chi connectivity index (χ3v) is 2.91. The molecule has 0 aromatic heterocycles. The van der Waals surface area contributed by atoms with Crippen molar-refractivity contribution in [1.29, 1.82) is 0 Å². The van der Waals surface area contributed by atoms with Gasteiger partial charge in [-0.25, -0.2) is 0 Å². The van der Waals surface area contributed by atoms with Gasteiger partial charge >= 0.3 is 0 Å². The summed E-state index contributed by atoms with van der Waals surface area (Å²) in [7, 11) is 0. The molecule has 0 bridgehead atoms. The Bertz CT molecular complexity index is 506. The number of rotatable bonds is 2. The highest BCUT2D eigenvalue weighted by Crippen LogP contribution is 2.27. The average Bonchev–Trinajstić information content (AvgIpc) is 2.32. The molecule has 0 aliphatic carbocycles. The number of nitrogens with two attached hydrogens (primary N) is 1. The number of aryl methyl sites for hydroxylation is 1. The van der Waals surface area contributed by atoms with E-state index in [2.05, 4.69) is 19.1 Å². The van der Waals surface area contributed by atoms with Gasteiger partial charge in [0.05, 0.1) is 0 Å². The molecule has 0 aliphatic rings. The second-order valence-electron chi connectivity index (χ2n) is 3.86. The summed E-state index contributed by atoms with van der Waals surface area (Å²) in [4.78, 5) is 0. The molecule has 2 aromatic rings. The van der Waals surface area contributed by atoms with E-state index in [4.69, 9.17) is 17.3 Å². The zero-order valence-electron chi connectivity index (χ0n) is 9.20. The van der Waals surface area contributed by atoms with Crippen LogP contribution in [0.15, 0.2) is 42.5 Å². The molecule has 82 valence electrons. The maximum absolute atomic E-state index is 6.02. The van der Waals surface area contributed by atoms with Crippen LogP contribution in [0.5, 0.6) is 0 Å². The van der Waals surface area contributed by atoms with Crippen LogP contribution in [0, 0.1) is 6.92 Å². The van der Waals surface area contributed by atoms with Crippen LogP contribution in [0.2, 0.25) is 5.02 Å². The fraction of sp³-hybridized carbons (Fsp3) is 0.143. The third kappa shape index (κ3) is 2.26. The summed E-state index contributed by atoms with van der Waals surface area (Å²) in [6, 6.07) is 14.2. The molecule has 0 atom stereocenters. The van der Waals surface area contributed by atoms with Crippen molar-refractivity contribution >= 4 is 11.6 Å². The smallest absolute Gasteiger partial charge is 0.0412 e. The molecule has 2 N–H and O–H groups in total. The van der Waals surface area contributed by atoms with E-state index >= 15 is 0 Å². The predicted octanol–water partition coefficient (Wildman–Crippen LogP) is 3.77. The normalized spacial score (nSPS) is 10.4. The molecule has 0 spiro atoms. The first-order chi connectivity index (χ1) is 7.70. The third-order valence-electron chi connectivity index (χ3n) is 2.67. The first-order valence-corrected chi connectivity index (χ1v) is 5.64. The molecule has 0 saturated carbocycles. The monoisotopic (exact) mass is 231 g/mol. The second kappa shape index (κ2) is 4.69. The molecule has 0 fully saturated rings. The van der Waals surface area contributed by atoms with Crippen LogP contribution in [0.25, 0.3) is 11.1 Å². The van der Waals surface area contributed by atoms with Gasteiger partial charge in [-0.3, -0.25) is 0 Å². The van der Waals surface area contributed by atoms with Gasteiger partial charge in [0, 0.05) is 11.6 Å². The number of hydrogen-bond donors (Lipinski definition) is 1. The van der Waals surface area contributed by atoms with E-state index in [1.165, 1.54) is 16.7 Å². The van der Waals surface area contributed by atoms with Gasteiger partial charge in [-0.2, -0.15) is 0 Å². The van der Waals surface area contributed by atoms with E-state index in [9.17, 15) is 0 Å². The summed E-state index contributed by atoms with van der Waals surface area (Å²) in [6.07, 6.45) is 0. The van der Waals surface area contributed by atoms with E-state index in [-0.39, 0.29) is 0 Å². The quantitative estimate of drug-likeness (QED) is 0.837. The summed E-state index contributed by atoms with van der Waals surface area (Å²) in [5, 5.41) is 0.763. The fourth-order valence-corrected chi connectivity index (χ4v) is 1.94. The first kappa shape index (κ1) is 11.2. The fourth-order valence-electron chi connectivity index (χ4n) is 1.77. The van der Waals surface area contributed by atoms with Crippen LogP contribution in [-0.2, 0) is 6.54 Å². The van der Waals surface area contributed by atoms with Crippen molar-refractivity contribution in [3.8, 4) is 11.1 Å². The molecule has 2 aromatic carbocycles. The largest absolute Gasteiger partial charge is 0.326 e. The van der Waals surface area contributed by atoms with Crippen LogP contribution in [0.4, 0.5) is 0 Å². The lowest BCUT2D eigenvalue weighted by Crippen LogP contribution is -1.96. The molecular formula is C14H14ClN. The number of benzene rings is 2. The van der Waals surface area contributed by atoms with Gasteiger partial charge in [-0.05, 0) is 47.4 Å². The summed E-state index contributed by atoms with van der Waals surface area (Å²) >= 11 is 6.02. The van der Waals surface area contributed by atoms with Crippen molar-refractivity contribution in [3.05, 3.63) is 58.6 Å². The van der Waals surface area contributed by atoms with E-state index < -0.39 is 0 Å². The maximum Gasteiger partial charge on any atom is 0.0412 e. The molecule has 2 heteroatoms. The Balaban J connectivity index is 2.53. The average molecular weight is 232 g/mol. The zero-order chi connectivity index (χ0) is 11.5. The van der Waals surface area contributed by atoms with Gasteiger partial charge < -0.3 is 5.73 Å². The van der Waals surface area contributed by atoms with Crippen molar-refractivity contribution in [2.75, 3.05) is 0 Å². The standard InChI is InChI=1S/C14H14ClN/c1-10-5-6-13(15)8-14(10)12-4-2-3-11(7-12)9-16/h2-8H,9,16H2,1H3. The summed E-state index contributed by atoms with van der Waals surface area (Å²) in [5.41, 5.74) is 10.3. The van der Waals surface area contributed by atoms with Crippen molar-refractivity contribution in [2.24, 2.45) is 5.73 Å². The van der Waals surface area contributed by atoms with Crippen LogP contribution in [0.3, 0.4) is 0 Å². The minimum atomic E-state index is 0.563. The van der Waals surface area contributed by atoms with Crippen molar-refractivity contribution in [2.45, 2.75) is 13.5 Å². The van der Waals surface area contributed by atoms with Gasteiger partial charge in [-0.15, -0.1) is 0 Å². The lowest BCUT2D eigenvalue weighted by atomic mass is 9.99. The highest BCUT2D eigenvalue weighted by atomic mass is 35.5. The Morgan fingerprint density at radius 3 is 2.69 bits per heavy atom. The number of halogens is 1. The Kier molecular flexibility index (Phi) is 3.28. The Morgan fingerprint density at radius 2 is 1.94 bits per heavy atom. The van der Waals surface area contributed by atoms with Crippen molar-refractivity contribution in [1.82, 2.24) is 0 Å². The van der Waals surface area contributed by atoms with Gasteiger partial charge in [0.15, 0.2) is 0 Å². The summed E-state index contributed by atoms with van der Waals surface area (Å²) in [5.74, 6) is 0. The van der Waals surface area contributed by atoms with Crippen LogP contribution < -0.4 is 5.73 Å². The molecule has 16 heavy (non-hydrogen) atoms. The molecular weight excluding hydrogens is 218 g/mol. The lowest BCUT2D eigenvalue weighted by Gasteiger charge is -2.08. The van der Waals surface area contributed by atoms with Crippen molar-refractivity contribution in [3.63, 3.8) is 0 Å².